The number of halogens is 2. The molecule has 1 aliphatic carbocycles. The van der Waals surface area contributed by atoms with Crippen molar-refractivity contribution in [1.82, 2.24) is 0 Å². The van der Waals surface area contributed by atoms with Gasteiger partial charge in [0, 0.05) is 0 Å². The normalized spacial score (nSPS) is 22.7. The van der Waals surface area contributed by atoms with Gasteiger partial charge in [-0.2, -0.15) is 9.65 Å². The molecule has 0 saturated heterocycles. The Kier molecular flexibility index (Phi) is 6.33. The zero-order chi connectivity index (χ0) is 15.8. The molecule has 2 rings (SSSR count). The van der Waals surface area contributed by atoms with Crippen molar-refractivity contribution in [3.63, 3.8) is 0 Å². The van der Waals surface area contributed by atoms with Crippen LogP contribution in [0.3, 0.4) is 0 Å². The molecule has 0 spiro atoms. The smallest absolute Gasteiger partial charge is 0.199 e. The van der Waals surface area contributed by atoms with Gasteiger partial charge in [0.05, 0.1) is 0 Å². The Hall–Kier alpha value is -1.95. The van der Waals surface area contributed by atoms with E-state index in [2.05, 4.69) is 0 Å². The van der Waals surface area contributed by atoms with Crippen molar-refractivity contribution >= 4 is 0 Å². The van der Waals surface area contributed by atoms with E-state index >= 15 is 0 Å². The highest BCUT2D eigenvalue weighted by atomic mass is 19.1. The topological polar surface area (TPSA) is 23.8 Å². The zero-order valence-corrected chi connectivity index (χ0v) is 12.6. The number of hydrogen-bond donors (Lipinski definition) is 0. The number of nitriles is 1. The maximum Gasteiger partial charge on any atom is 0.199 e. The van der Waals surface area contributed by atoms with E-state index in [1.165, 1.54) is 30.6 Å². The third kappa shape index (κ3) is 5.11. The van der Waals surface area contributed by atoms with E-state index in [9.17, 15) is 8.78 Å². The second-order valence-electron chi connectivity index (χ2n) is 5.90. The lowest BCUT2D eigenvalue weighted by atomic mass is 9.77. The molecule has 3 heteroatoms. The fraction of sp³-hybridized carbons (Fsp3) is 0.421. The minimum absolute atomic E-state index is 0.175. The van der Waals surface area contributed by atoms with E-state index in [0.717, 1.165) is 25.7 Å². The Balaban J connectivity index is 1.71. The molecular weight excluding hydrogens is 280 g/mol. The zero-order valence-electron chi connectivity index (χ0n) is 12.6. The van der Waals surface area contributed by atoms with Gasteiger partial charge in [0.15, 0.2) is 5.83 Å². The third-order valence-corrected chi connectivity index (χ3v) is 4.42. The highest BCUT2D eigenvalue weighted by Gasteiger charge is 2.21. The van der Waals surface area contributed by atoms with Crippen LogP contribution in [-0.2, 0) is 0 Å². The summed E-state index contributed by atoms with van der Waals surface area (Å²) < 4.78 is 25.5. The largest absolute Gasteiger partial charge is 0.207 e. The van der Waals surface area contributed by atoms with Crippen LogP contribution in [0.1, 0.15) is 50.0 Å². The monoisotopic (exact) mass is 301 g/mol. The van der Waals surface area contributed by atoms with Crippen LogP contribution in [0.2, 0.25) is 0 Å². The number of benzene rings is 1. The fourth-order valence-corrected chi connectivity index (χ4v) is 3.14. The van der Waals surface area contributed by atoms with E-state index in [1.54, 1.807) is 18.2 Å². The molecule has 1 nitrogen and oxygen atoms in total. The molecule has 1 fully saturated rings. The molecule has 0 unspecified atom stereocenters. The molecule has 0 N–H and O–H groups in total. The van der Waals surface area contributed by atoms with Crippen molar-refractivity contribution in [1.29, 1.82) is 5.26 Å². The summed E-state index contributed by atoms with van der Waals surface area (Å²) >= 11 is 0. The molecule has 1 aromatic rings. The van der Waals surface area contributed by atoms with Gasteiger partial charge < -0.3 is 0 Å². The first-order chi connectivity index (χ1) is 10.7. The minimum Gasteiger partial charge on any atom is -0.207 e. The predicted molar refractivity (Wildman–Crippen MR) is 84.3 cm³/mol. The lowest BCUT2D eigenvalue weighted by Gasteiger charge is -2.28. The summed E-state index contributed by atoms with van der Waals surface area (Å²) in [6.45, 7) is 0. The quantitative estimate of drug-likeness (QED) is 0.497. The highest BCUT2D eigenvalue weighted by molar-refractivity contribution is 5.21. The van der Waals surface area contributed by atoms with Gasteiger partial charge in [0.1, 0.15) is 11.9 Å². The lowest BCUT2D eigenvalue weighted by Crippen LogP contribution is -2.13. The van der Waals surface area contributed by atoms with Crippen LogP contribution in [0.25, 0.3) is 0 Å². The van der Waals surface area contributed by atoms with Gasteiger partial charge >= 0.3 is 0 Å². The standard InChI is InChI=1S/C19H21F2N/c20-18-12-10-17(11-13-18)16-8-6-15(7-9-16)4-2-1-3-5-19(21)14-22/h1,3,5,10-13,15-16H,2,4,6-9H2/b3-1+,19-5-. The summed E-state index contributed by atoms with van der Waals surface area (Å²) in [6, 6.07) is 8.34. The Morgan fingerprint density at radius 1 is 1.18 bits per heavy atom. The minimum atomic E-state index is -0.754. The number of nitrogens with zero attached hydrogens (tertiary/aromatic N) is 1. The van der Waals surface area contributed by atoms with Crippen LogP contribution < -0.4 is 0 Å². The van der Waals surface area contributed by atoms with Crippen molar-refractivity contribution in [2.24, 2.45) is 5.92 Å². The van der Waals surface area contributed by atoms with E-state index in [0.29, 0.717) is 11.8 Å². The average Bonchev–Trinajstić information content (AvgIpc) is 2.55. The van der Waals surface area contributed by atoms with Crippen LogP contribution in [0.15, 0.2) is 48.3 Å². The number of rotatable bonds is 5. The van der Waals surface area contributed by atoms with Crippen molar-refractivity contribution in [3.05, 3.63) is 59.7 Å². The molecule has 0 heterocycles. The number of allylic oxidation sites excluding steroid dienone is 4. The Labute approximate surface area is 131 Å². The predicted octanol–water partition coefficient (Wildman–Crippen LogP) is 5.81. The van der Waals surface area contributed by atoms with Gasteiger partial charge in [-0.25, -0.2) is 4.39 Å². The van der Waals surface area contributed by atoms with Gasteiger partial charge in [-0.05, 0) is 74.1 Å². The van der Waals surface area contributed by atoms with Crippen molar-refractivity contribution in [2.45, 2.75) is 44.4 Å². The summed E-state index contributed by atoms with van der Waals surface area (Å²) in [5.74, 6) is 0.341. The summed E-state index contributed by atoms with van der Waals surface area (Å²) in [6.07, 6.45) is 11.5. The molecule has 1 saturated carbocycles. The van der Waals surface area contributed by atoms with Crippen LogP contribution >= 0.6 is 0 Å². The van der Waals surface area contributed by atoms with E-state index < -0.39 is 5.83 Å². The molecule has 1 aliphatic rings. The molecule has 0 aliphatic heterocycles. The van der Waals surface area contributed by atoms with Gasteiger partial charge in [0.2, 0.25) is 0 Å². The molecule has 116 valence electrons. The van der Waals surface area contributed by atoms with Crippen molar-refractivity contribution < 1.29 is 8.78 Å². The maximum atomic E-state index is 12.9. The summed E-state index contributed by atoms with van der Waals surface area (Å²) in [7, 11) is 0. The third-order valence-electron chi connectivity index (χ3n) is 4.42. The van der Waals surface area contributed by atoms with Crippen LogP contribution in [0.5, 0.6) is 0 Å². The Morgan fingerprint density at radius 2 is 1.86 bits per heavy atom. The fourth-order valence-electron chi connectivity index (χ4n) is 3.14. The van der Waals surface area contributed by atoms with Crippen LogP contribution in [0, 0.1) is 23.1 Å². The molecule has 0 amide bonds. The van der Waals surface area contributed by atoms with Gasteiger partial charge in [-0.3, -0.25) is 0 Å². The molecule has 0 atom stereocenters. The first-order valence-electron chi connectivity index (χ1n) is 7.87. The Bertz CT molecular complexity index is 558. The van der Waals surface area contributed by atoms with Crippen molar-refractivity contribution in [3.8, 4) is 6.07 Å². The van der Waals surface area contributed by atoms with Crippen LogP contribution in [0.4, 0.5) is 8.78 Å². The first-order valence-corrected chi connectivity index (χ1v) is 7.87. The first kappa shape index (κ1) is 16.4. The second-order valence-corrected chi connectivity index (χ2v) is 5.90. The van der Waals surface area contributed by atoms with Gasteiger partial charge in [-0.1, -0.05) is 24.3 Å². The van der Waals surface area contributed by atoms with Gasteiger partial charge in [-0.15, -0.1) is 0 Å². The summed E-state index contributed by atoms with van der Waals surface area (Å²) in [5.41, 5.74) is 1.25. The molecule has 0 bridgehead atoms. The molecule has 1 aromatic carbocycles. The van der Waals surface area contributed by atoms with E-state index in [4.69, 9.17) is 5.26 Å². The van der Waals surface area contributed by atoms with Gasteiger partial charge in [0.25, 0.3) is 0 Å². The molecule has 0 radical (unpaired) electrons. The summed E-state index contributed by atoms with van der Waals surface area (Å²) in [4.78, 5) is 0. The van der Waals surface area contributed by atoms with E-state index in [1.807, 2.05) is 18.2 Å². The molecular formula is C19H21F2N. The SMILES string of the molecule is N#C/C(F)=C/C=C/CCC1CCC(c2ccc(F)cc2)CC1. The Morgan fingerprint density at radius 3 is 2.50 bits per heavy atom. The molecule has 0 aromatic heterocycles. The van der Waals surface area contributed by atoms with Crippen LogP contribution in [-0.4, -0.2) is 0 Å². The van der Waals surface area contributed by atoms with Crippen molar-refractivity contribution in [2.75, 3.05) is 0 Å². The number of hydrogen-bond acceptors (Lipinski definition) is 1. The summed E-state index contributed by atoms with van der Waals surface area (Å²) in [5, 5.41) is 8.28. The average molecular weight is 301 g/mol. The lowest BCUT2D eigenvalue weighted by molar-refractivity contribution is 0.312. The second kappa shape index (κ2) is 8.48. The van der Waals surface area contributed by atoms with E-state index in [-0.39, 0.29) is 5.82 Å². The molecule has 22 heavy (non-hydrogen) atoms. The maximum absolute atomic E-state index is 12.9. The highest BCUT2D eigenvalue weighted by Crippen LogP contribution is 2.37.